The predicted molar refractivity (Wildman–Crippen MR) is 109 cm³/mol. The number of hydrazone groups is 1. The van der Waals surface area contributed by atoms with Crippen molar-refractivity contribution in [3.63, 3.8) is 0 Å². The number of nitrogens with one attached hydrogen (secondary N) is 1. The second-order valence-electron chi connectivity index (χ2n) is 5.58. The van der Waals surface area contributed by atoms with Gasteiger partial charge in [0.15, 0.2) is 6.04 Å². The van der Waals surface area contributed by atoms with Crippen LogP contribution in [0.25, 0.3) is 0 Å². The number of nitrogens with two attached hydrogens (primary N) is 1. The van der Waals surface area contributed by atoms with E-state index in [-0.39, 0.29) is 12.4 Å². The normalized spacial score (nSPS) is 11.6. The topological polar surface area (TPSA) is 91.0 Å². The SMILES string of the molecule is CCN(CC)c1cccc(C(Nc2ccc(C=NN)cc2)C(=O)O)c1.Cl. The summed E-state index contributed by atoms with van der Waals surface area (Å²) in [5.74, 6) is 4.20. The molecule has 0 radical (unpaired) electrons. The molecule has 0 aliphatic heterocycles. The van der Waals surface area contributed by atoms with Gasteiger partial charge in [0.05, 0.1) is 6.21 Å². The monoisotopic (exact) mass is 376 g/mol. The summed E-state index contributed by atoms with van der Waals surface area (Å²) in [6.45, 7) is 5.90. The third-order valence-corrected chi connectivity index (χ3v) is 4.02. The van der Waals surface area contributed by atoms with Gasteiger partial charge in [-0.2, -0.15) is 5.10 Å². The van der Waals surface area contributed by atoms with Crippen molar-refractivity contribution in [2.45, 2.75) is 19.9 Å². The summed E-state index contributed by atoms with van der Waals surface area (Å²) in [5, 5.41) is 16.2. The summed E-state index contributed by atoms with van der Waals surface area (Å²) < 4.78 is 0. The summed E-state index contributed by atoms with van der Waals surface area (Å²) >= 11 is 0. The Kier molecular flexibility index (Phi) is 8.45. The molecule has 2 rings (SSSR count). The number of aliphatic carboxylic acids is 1. The summed E-state index contributed by atoms with van der Waals surface area (Å²) in [6.07, 6.45) is 1.53. The highest BCUT2D eigenvalue weighted by Crippen LogP contribution is 2.24. The van der Waals surface area contributed by atoms with Crippen LogP contribution < -0.4 is 16.1 Å². The number of benzene rings is 2. The predicted octanol–water partition coefficient (Wildman–Crippen LogP) is 3.49. The number of carboxylic acid groups (broad SMARTS) is 1. The van der Waals surface area contributed by atoms with E-state index in [1.54, 1.807) is 12.1 Å². The molecule has 0 fully saturated rings. The van der Waals surface area contributed by atoms with E-state index in [0.717, 1.165) is 30.0 Å². The lowest BCUT2D eigenvalue weighted by molar-refractivity contribution is -0.138. The van der Waals surface area contributed by atoms with Gasteiger partial charge in [-0.3, -0.25) is 0 Å². The summed E-state index contributed by atoms with van der Waals surface area (Å²) in [7, 11) is 0. The zero-order chi connectivity index (χ0) is 18.2. The van der Waals surface area contributed by atoms with E-state index in [1.807, 2.05) is 36.4 Å². The zero-order valence-electron chi connectivity index (χ0n) is 14.9. The lowest BCUT2D eigenvalue weighted by Gasteiger charge is -2.23. The van der Waals surface area contributed by atoms with E-state index >= 15 is 0 Å². The largest absolute Gasteiger partial charge is 0.479 e. The fraction of sp³-hybridized carbons (Fsp3) is 0.263. The molecule has 140 valence electrons. The van der Waals surface area contributed by atoms with Crippen LogP contribution in [0.4, 0.5) is 11.4 Å². The van der Waals surface area contributed by atoms with Crippen molar-refractivity contribution in [3.8, 4) is 0 Å². The first-order valence-corrected chi connectivity index (χ1v) is 8.26. The lowest BCUT2D eigenvalue weighted by atomic mass is 10.0. The van der Waals surface area contributed by atoms with Crippen LogP contribution in [0.3, 0.4) is 0 Å². The molecule has 26 heavy (non-hydrogen) atoms. The lowest BCUT2D eigenvalue weighted by Crippen LogP contribution is -2.24. The molecule has 0 bridgehead atoms. The second-order valence-corrected chi connectivity index (χ2v) is 5.58. The van der Waals surface area contributed by atoms with Crippen LogP contribution in [0.1, 0.15) is 31.0 Å². The van der Waals surface area contributed by atoms with E-state index in [4.69, 9.17) is 5.84 Å². The van der Waals surface area contributed by atoms with Crippen LogP contribution >= 0.6 is 12.4 Å². The Balaban J connectivity index is 0.00000338. The van der Waals surface area contributed by atoms with E-state index in [0.29, 0.717) is 5.56 Å². The minimum absolute atomic E-state index is 0. The number of hydrogen-bond acceptors (Lipinski definition) is 5. The molecular weight excluding hydrogens is 352 g/mol. The van der Waals surface area contributed by atoms with Crippen LogP contribution in [-0.4, -0.2) is 30.4 Å². The molecule has 7 heteroatoms. The number of anilines is 2. The summed E-state index contributed by atoms with van der Waals surface area (Å²) in [6, 6.07) is 14.1. The highest BCUT2D eigenvalue weighted by Gasteiger charge is 2.20. The number of carboxylic acids is 1. The first kappa shape index (κ1) is 21.3. The Morgan fingerprint density at radius 3 is 2.42 bits per heavy atom. The molecule has 1 atom stereocenters. The molecule has 0 aliphatic carbocycles. The van der Waals surface area contributed by atoms with Gasteiger partial charge in [0, 0.05) is 24.5 Å². The molecule has 0 heterocycles. The third-order valence-electron chi connectivity index (χ3n) is 4.02. The zero-order valence-corrected chi connectivity index (χ0v) is 15.7. The molecule has 4 N–H and O–H groups in total. The molecule has 0 saturated heterocycles. The number of nitrogens with zero attached hydrogens (tertiary/aromatic N) is 2. The molecule has 2 aromatic carbocycles. The maximum atomic E-state index is 11.8. The molecular formula is C19H25ClN4O2. The van der Waals surface area contributed by atoms with Crippen molar-refractivity contribution >= 4 is 36.0 Å². The van der Waals surface area contributed by atoms with Crippen LogP contribution in [0.2, 0.25) is 0 Å². The van der Waals surface area contributed by atoms with E-state index in [2.05, 4.69) is 29.2 Å². The molecule has 6 nitrogen and oxygen atoms in total. The fourth-order valence-electron chi connectivity index (χ4n) is 2.70. The summed E-state index contributed by atoms with van der Waals surface area (Å²) in [5.41, 5.74) is 3.30. The van der Waals surface area contributed by atoms with Crippen molar-refractivity contribution in [1.82, 2.24) is 0 Å². The molecule has 0 spiro atoms. The Hall–Kier alpha value is -2.73. The molecule has 0 saturated carbocycles. The van der Waals surface area contributed by atoms with E-state index in [1.165, 1.54) is 6.21 Å². The van der Waals surface area contributed by atoms with Gasteiger partial charge in [0.2, 0.25) is 0 Å². The van der Waals surface area contributed by atoms with Crippen LogP contribution in [0.15, 0.2) is 53.6 Å². The van der Waals surface area contributed by atoms with Gasteiger partial charge in [0.25, 0.3) is 0 Å². The Bertz CT molecular complexity index is 731. The highest BCUT2D eigenvalue weighted by molar-refractivity contribution is 5.85. The second kappa shape index (κ2) is 10.3. The van der Waals surface area contributed by atoms with E-state index < -0.39 is 12.0 Å². The molecule has 0 amide bonds. The molecule has 2 aromatic rings. The molecule has 0 aliphatic rings. The number of carbonyl (C=O) groups is 1. The maximum Gasteiger partial charge on any atom is 0.330 e. The quantitative estimate of drug-likeness (QED) is 0.372. The van der Waals surface area contributed by atoms with Crippen LogP contribution in [0, 0.1) is 0 Å². The summed E-state index contributed by atoms with van der Waals surface area (Å²) in [4.78, 5) is 14.0. The smallest absolute Gasteiger partial charge is 0.330 e. The van der Waals surface area contributed by atoms with Gasteiger partial charge < -0.3 is 21.2 Å². The van der Waals surface area contributed by atoms with Crippen molar-refractivity contribution < 1.29 is 9.90 Å². The maximum absolute atomic E-state index is 11.8. The standard InChI is InChI=1S/C19H24N4O2.ClH/c1-3-23(4-2)17-7-5-6-15(12-17)18(19(24)25)22-16-10-8-14(9-11-16)13-21-20;/h5-13,18,22H,3-4,20H2,1-2H3,(H,24,25);1H. The fourth-order valence-corrected chi connectivity index (χ4v) is 2.70. The van der Waals surface area contributed by atoms with Gasteiger partial charge in [-0.05, 0) is 49.2 Å². The average Bonchev–Trinajstić information content (AvgIpc) is 2.62. The first-order valence-electron chi connectivity index (χ1n) is 8.26. The molecule has 1 unspecified atom stereocenters. The van der Waals surface area contributed by atoms with Crippen LogP contribution in [0.5, 0.6) is 0 Å². The van der Waals surface area contributed by atoms with Gasteiger partial charge in [0.1, 0.15) is 0 Å². The van der Waals surface area contributed by atoms with Crippen molar-refractivity contribution in [3.05, 3.63) is 59.7 Å². The minimum atomic E-state index is -0.927. The molecule has 0 aromatic heterocycles. The van der Waals surface area contributed by atoms with Gasteiger partial charge in [-0.1, -0.05) is 24.3 Å². The van der Waals surface area contributed by atoms with Crippen molar-refractivity contribution in [2.75, 3.05) is 23.3 Å². The van der Waals surface area contributed by atoms with E-state index in [9.17, 15) is 9.90 Å². The van der Waals surface area contributed by atoms with Crippen molar-refractivity contribution in [1.29, 1.82) is 0 Å². The van der Waals surface area contributed by atoms with Gasteiger partial charge in [-0.25, -0.2) is 4.79 Å². The van der Waals surface area contributed by atoms with Crippen molar-refractivity contribution in [2.24, 2.45) is 10.9 Å². The Morgan fingerprint density at radius 2 is 1.88 bits per heavy atom. The first-order chi connectivity index (χ1) is 12.1. The number of hydrogen-bond donors (Lipinski definition) is 3. The van der Waals surface area contributed by atoms with Crippen LogP contribution in [-0.2, 0) is 4.79 Å². The Labute approximate surface area is 160 Å². The van der Waals surface area contributed by atoms with Gasteiger partial charge in [-0.15, -0.1) is 12.4 Å². The number of rotatable bonds is 8. The highest BCUT2D eigenvalue weighted by atomic mass is 35.5. The average molecular weight is 377 g/mol. The Morgan fingerprint density at radius 1 is 1.23 bits per heavy atom. The number of halogens is 1. The minimum Gasteiger partial charge on any atom is -0.479 e. The third kappa shape index (κ3) is 5.39. The van der Waals surface area contributed by atoms with Gasteiger partial charge >= 0.3 is 5.97 Å².